The quantitative estimate of drug-likeness (QED) is 0.791. The van der Waals surface area contributed by atoms with Crippen LogP contribution in [0.1, 0.15) is 19.8 Å². The summed E-state index contributed by atoms with van der Waals surface area (Å²) in [6.45, 7) is 2.28. The van der Waals surface area contributed by atoms with Gasteiger partial charge in [0.1, 0.15) is 0 Å². The average Bonchev–Trinajstić information content (AvgIpc) is 2.48. The Morgan fingerprint density at radius 3 is 3.08 bits per heavy atom. The van der Waals surface area contributed by atoms with E-state index in [2.05, 4.69) is 21.2 Å². The zero-order valence-corrected chi connectivity index (χ0v) is 9.83. The number of nitrogens with one attached hydrogen (secondary N) is 1. The smallest absolute Gasteiger partial charge is 0.306 e. The Kier molecular flexibility index (Phi) is 4.66. The summed E-state index contributed by atoms with van der Waals surface area (Å²) in [4.78, 5) is 11.0. The zero-order chi connectivity index (χ0) is 9.68. The SMILES string of the molecule is CCOC(=O)CCC1=C(Br)SCN1. The molecule has 5 heteroatoms. The van der Waals surface area contributed by atoms with E-state index in [-0.39, 0.29) is 5.97 Å². The highest BCUT2D eigenvalue weighted by molar-refractivity contribution is 9.14. The van der Waals surface area contributed by atoms with Crippen molar-refractivity contribution in [2.45, 2.75) is 19.8 Å². The second-order valence-corrected chi connectivity index (χ2v) is 4.83. The fourth-order valence-electron chi connectivity index (χ4n) is 0.990. The van der Waals surface area contributed by atoms with E-state index in [1.807, 2.05) is 6.92 Å². The third-order valence-electron chi connectivity index (χ3n) is 1.61. The van der Waals surface area contributed by atoms with Crippen molar-refractivity contribution in [1.82, 2.24) is 5.32 Å². The van der Waals surface area contributed by atoms with Gasteiger partial charge in [-0.3, -0.25) is 4.79 Å². The first-order valence-corrected chi connectivity index (χ1v) is 5.93. The van der Waals surface area contributed by atoms with E-state index < -0.39 is 0 Å². The van der Waals surface area contributed by atoms with Gasteiger partial charge in [-0.15, -0.1) is 0 Å². The van der Waals surface area contributed by atoms with Crippen LogP contribution in [-0.2, 0) is 9.53 Å². The van der Waals surface area contributed by atoms with Gasteiger partial charge in [-0.1, -0.05) is 11.8 Å². The molecule has 0 spiro atoms. The summed E-state index contributed by atoms with van der Waals surface area (Å²) >= 11 is 5.13. The van der Waals surface area contributed by atoms with Crippen LogP contribution in [-0.4, -0.2) is 18.5 Å². The molecule has 0 aliphatic carbocycles. The molecule has 0 fully saturated rings. The molecule has 13 heavy (non-hydrogen) atoms. The summed E-state index contributed by atoms with van der Waals surface area (Å²) in [6, 6.07) is 0. The molecule has 0 bridgehead atoms. The molecule has 1 heterocycles. The molecular weight excluding hydrogens is 254 g/mol. The Hall–Kier alpha value is -0.160. The number of halogens is 1. The first kappa shape index (κ1) is 10.9. The normalized spacial score (nSPS) is 15.8. The Labute approximate surface area is 90.4 Å². The number of hydrogen-bond acceptors (Lipinski definition) is 4. The fraction of sp³-hybridized carbons (Fsp3) is 0.625. The van der Waals surface area contributed by atoms with Crippen molar-refractivity contribution in [3.63, 3.8) is 0 Å². The summed E-state index contributed by atoms with van der Waals surface area (Å²) < 4.78 is 5.93. The van der Waals surface area contributed by atoms with Gasteiger partial charge in [0.15, 0.2) is 0 Å². The van der Waals surface area contributed by atoms with Crippen molar-refractivity contribution >= 4 is 33.7 Å². The van der Waals surface area contributed by atoms with Crippen molar-refractivity contribution in [1.29, 1.82) is 0 Å². The van der Waals surface area contributed by atoms with Crippen LogP contribution in [0.3, 0.4) is 0 Å². The van der Waals surface area contributed by atoms with Gasteiger partial charge >= 0.3 is 5.97 Å². The van der Waals surface area contributed by atoms with Crippen LogP contribution in [0.25, 0.3) is 0 Å². The molecule has 0 aromatic carbocycles. The standard InChI is InChI=1S/C8H12BrNO2S/c1-2-12-7(11)4-3-6-8(9)13-5-10-6/h10H,2-5H2,1H3. The Morgan fingerprint density at radius 1 is 1.77 bits per heavy atom. The lowest BCUT2D eigenvalue weighted by molar-refractivity contribution is -0.143. The first-order chi connectivity index (χ1) is 6.24. The lowest BCUT2D eigenvalue weighted by Crippen LogP contribution is -2.10. The first-order valence-electron chi connectivity index (χ1n) is 4.15. The van der Waals surface area contributed by atoms with Crippen LogP contribution in [0.4, 0.5) is 0 Å². The largest absolute Gasteiger partial charge is 0.466 e. The number of hydrogen-bond donors (Lipinski definition) is 1. The maximum Gasteiger partial charge on any atom is 0.306 e. The van der Waals surface area contributed by atoms with E-state index in [4.69, 9.17) is 4.74 Å². The van der Waals surface area contributed by atoms with E-state index in [9.17, 15) is 4.79 Å². The highest BCUT2D eigenvalue weighted by Crippen LogP contribution is 2.31. The van der Waals surface area contributed by atoms with Crippen LogP contribution >= 0.6 is 27.7 Å². The van der Waals surface area contributed by atoms with E-state index in [1.54, 1.807) is 11.8 Å². The van der Waals surface area contributed by atoms with Crippen molar-refractivity contribution in [2.24, 2.45) is 0 Å². The van der Waals surface area contributed by atoms with Crippen LogP contribution in [0.2, 0.25) is 0 Å². The Balaban J connectivity index is 2.26. The zero-order valence-electron chi connectivity index (χ0n) is 7.43. The van der Waals surface area contributed by atoms with Gasteiger partial charge in [0.25, 0.3) is 0 Å². The van der Waals surface area contributed by atoms with Crippen LogP contribution in [0, 0.1) is 0 Å². The summed E-state index contributed by atoms with van der Waals surface area (Å²) in [5, 5.41) is 3.19. The van der Waals surface area contributed by atoms with Gasteiger partial charge < -0.3 is 10.1 Å². The molecule has 1 aliphatic heterocycles. The molecule has 0 radical (unpaired) electrons. The third-order valence-corrected chi connectivity index (χ3v) is 3.56. The summed E-state index contributed by atoms with van der Waals surface area (Å²) in [6.07, 6.45) is 1.18. The van der Waals surface area contributed by atoms with Crippen molar-refractivity contribution in [3.05, 3.63) is 9.51 Å². The Bertz CT molecular complexity index is 230. The Morgan fingerprint density at radius 2 is 2.54 bits per heavy atom. The monoisotopic (exact) mass is 265 g/mol. The number of carbonyl (C=O) groups is 1. The second-order valence-electron chi connectivity index (χ2n) is 2.52. The predicted molar refractivity (Wildman–Crippen MR) is 57.4 cm³/mol. The highest BCUT2D eigenvalue weighted by Gasteiger charge is 2.13. The van der Waals surface area contributed by atoms with Gasteiger partial charge in [-0.05, 0) is 29.3 Å². The van der Waals surface area contributed by atoms with Gasteiger partial charge in [-0.2, -0.15) is 0 Å². The van der Waals surface area contributed by atoms with Crippen molar-refractivity contribution in [2.75, 3.05) is 12.5 Å². The maximum atomic E-state index is 11.0. The lowest BCUT2D eigenvalue weighted by atomic mass is 10.2. The van der Waals surface area contributed by atoms with Crippen molar-refractivity contribution < 1.29 is 9.53 Å². The highest BCUT2D eigenvalue weighted by atomic mass is 79.9. The minimum absolute atomic E-state index is 0.131. The topological polar surface area (TPSA) is 38.3 Å². The number of ether oxygens (including phenoxy) is 1. The van der Waals surface area contributed by atoms with Gasteiger partial charge in [0.2, 0.25) is 0 Å². The molecule has 0 aromatic heterocycles. The van der Waals surface area contributed by atoms with Gasteiger partial charge in [0.05, 0.1) is 22.7 Å². The minimum Gasteiger partial charge on any atom is -0.466 e. The molecule has 0 saturated heterocycles. The molecule has 74 valence electrons. The van der Waals surface area contributed by atoms with Crippen LogP contribution in [0.5, 0.6) is 0 Å². The maximum absolute atomic E-state index is 11.0. The van der Waals surface area contributed by atoms with Gasteiger partial charge in [0, 0.05) is 5.70 Å². The average molecular weight is 266 g/mol. The molecular formula is C8H12BrNO2S. The predicted octanol–water partition coefficient (Wildman–Crippen LogP) is 2.19. The van der Waals surface area contributed by atoms with E-state index in [0.717, 1.165) is 21.8 Å². The fourth-order valence-corrected chi connectivity index (χ4v) is 2.39. The molecule has 0 amide bonds. The summed E-state index contributed by atoms with van der Waals surface area (Å²) in [7, 11) is 0. The molecule has 0 unspecified atom stereocenters. The van der Waals surface area contributed by atoms with Crippen molar-refractivity contribution in [3.8, 4) is 0 Å². The second kappa shape index (κ2) is 5.54. The number of esters is 1. The lowest BCUT2D eigenvalue weighted by Gasteiger charge is -2.03. The third kappa shape index (κ3) is 3.60. The number of rotatable bonds is 4. The summed E-state index contributed by atoms with van der Waals surface area (Å²) in [5.41, 5.74) is 1.11. The molecule has 0 atom stereocenters. The summed E-state index contributed by atoms with van der Waals surface area (Å²) in [5.74, 6) is 0.757. The minimum atomic E-state index is -0.131. The molecule has 0 saturated carbocycles. The van der Waals surface area contributed by atoms with E-state index in [1.165, 1.54) is 0 Å². The van der Waals surface area contributed by atoms with E-state index >= 15 is 0 Å². The molecule has 0 aromatic rings. The van der Waals surface area contributed by atoms with Crippen LogP contribution in [0.15, 0.2) is 9.51 Å². The molecule has 3 nitrogen and oxygen atoms in total. The molecule has 1 aliphatic rings. The van der Waals surface area contributed by atoms with Crippen LogP contribution < -0.4 is 5.32 Å². The number of carbonyl (C=O) groups excluding carboxylic acids is 1. The number of allylic oxidation sites excluding steroid dienone is 1. The number of thioether (sulfide) groups is 1. The van der Waals surface area contributed by atoms with Gasteiger partial charge in [-0.25, -0.2) is 0 Å². The molecule has 1 N–H and O–H groups in total. The van der Waals surface area contributed by atoms with E-state index in [0.29, 0.717) is 13.0 Å². The molecule has 1 rings (SSSR count).